The molecule has 1 rings (SSSR count). The highest BCUT2D eigenvalue weighted by molar-refractivity contribution is 5.32. The molecule has 1 aromatic carbocycles. The molecular weight excluding hydrogens is 219 g/mol. The Bertz CT molecular complexity index is 374. The van der Waals surface area contributed by atoms with Crippen molar-refractivity contribution in [3.63, 3.8) is 0 Å². The number of aliphatic hydroxyl groups is 1. The van der Waals surface area contributed by atoms with Crippen LogP contribution in [-0.2, 0) is 6.18 Å². The zero-order valence-electron chi connectivity index (χ0n) is 9.05. The topological polar surface area (TPSA) is 46.2 Å². The second-order valence-corrected chi connectivity index (χ2v) is 3.93. The van der Waals surface area contributed by atoms with E-state index in [1.165, 1.54) is 6.07 Å². The van der Waals surface area contributed by atoms with Gasteiger partial charge in [-0.05, 0) is 31.5 Å². The van der Waals surface area contributed by atoms with E-state index in [2.05, 4.69) is 0 Å². The summed E-state index contributed by atoms with van der Waals surface area (Å²) in [7, 11) is 0. The first-order valence-corrected chi connectivity index (χ1v) is 4.84. The van der Waals surface area contributed by atoms with Crippen LogP contribution in [0.3, 0.4) is 0 Å². The van der Waals surface area contributed by atoms with Gasteiger partial charge in [0.15, 0.2) is 0 Å². The summed E-state index contributed by atoms with van der Waals surface area (Å²) in [5, 5.41) is 9.62. The minimum absolute atomic E-state index is 0.197. The summed E-state index contributed by atoms with van der Waals surface area (Å²) in [5.41, 5.74) is 5.33. The monoisotopic (exact) mass is 233 g/mol. The van der Waals surface area contributed by atoms with Gasteiger partial charge in [-0.25, -0.2) is 0 Å². The molecule has 2 atom stereocenters. The van der Waals surface area contributed by atoms with Crippen molar-refractivity contribution in [1.29, 1.82) is 0 Å². The van der Waals surface area contributed by atoms with Crippen LogP contribution in [-0.4, -0.2) is 11.1 Å². The highest BCUT2D eigenvalue weighted by Crippen LogP contribution is 2.32. The quantitative estimate of drug-likeness (QED) is 0.823. The van der Waals surface area contributed by atoms with E-state index in [0.29, 0.717) is 5.56 Å². The summed E-state index contributed by atoms with van der Waals surface area (Å²) in [6, 6.07) is 2.87. The summed E-state index contributed by atoms with van der Waals surface area (Å²) in [5.74, 6) is 0. The highest BCUT2D eigenvalue weighted by Gasteiger charge is 2.31. The Hall–Kier alpha value is -1.07. The van der Waals surface area contributed by atoms with Crippen molar-refractivity contribution >= 4 is 0 Å². The summed E-state index contributed by atoms with van der Waals surface area (Å²) >= 11 is 0. The van der Waals surface area contributed by atoms with Crippen LogP contribution in [0, 0.1) is 6.92 Å². The third-order valence-corrected chi connectivity index (χ3v) is 2.27. The summed E-state index contributed by atoms with van der Waals surface area (Å²) in [6.07, 6.45) is -5.49. The van der Waals surface area contributed by atoms with E-state index in [4.69, 9.17) is 5.73 Å². The molecule has 90 valence electrons. The molecule has 16 heavy (non-hydrogen) atoms. The lowest BCUT2D eigenvalue weighted by atomic mass is 9.99. The standard InChI is InChI=1S/C11H14F3NO/c1-6-3-8(10(16)7(2)15)5-9(4-6)11(12,13)14/h3-5,7,10,16H,15H2,1-2H3/t7-,10-/m0/s1. The Kier molecular flexibility index (Phi) is 3.60. The van der Waals surface area contributed by atoms with Gasteiger partial charge < -0.3 is 10.8 Å². The molecule has 0 unspecified atom stereocenters. The smallest absolute Gasteiger partial charge is 0.387 e. The van der Waals surface area contributed by atoms with Crippen molar-refractivity contribution in [2.75, 3.05) is 0 Å². The van der Waals surface area contributed by atoms with Crippen molar-refractivity contribution in [3.8, 4) is 0 Å². The molecule has 0 aliphatic heterocycles. The maximum atomic E-state index is 12.5. The Morgan fingerprint density at radius 2 is 1.81 bits per heavy atom. The van der Waals surface area contributed by atoms with E-state index in [9.17, 15) is 18.3 Å². The fourth-order valence-corrected chi connectivity index (χ4v) is 1.45. The third kappa shape index (κ3) is 2.96. The number of benzene rings is 1. The zero-order chi connectivity index (χ0) is 12.5. The molecule has 0 aliphatic rings. The number of nitrogens with two attached hydrogens (primary N) is 1. The molecule has 0 aromatic heterocycles. The van der Waals surface area contributed by atoms with E-state index in [1.54, 1.807) is 13.8 Å². The van der Waals surface area contributed by atoms with Crippen LogP contribution in [0.1, 0.15) is 29.7 Å². The van der Waals surface area contributed by atoms with Crippen LogP contribution in [0.5, 0.6) is 0 Å². The summed E-state index contributed by atoms with van der Waals surface area (Å²) < 4.78 is 37.5. The number of aliphatic hydroxyl groups excluding tert-OH is 1. The lowest BCUT2D eigenvalue weighted by Gasteiger charge is -2.17. The molecule has 0 aliphatic carbocycles. The second-order valence-electron chi connectivity index (χ2n) is 3.93. The van der Waals surface area contributed by atoms with E-state index >= 15 is 0 Å². The number of alkyl halides is 3. The summed E-state index contributed by atoms with van der Waals surface area (Å²) in [6.45, 7) is 3.09. The Morgan fingerprint density at radius 3 is 2.25 bits per heavy atom. The minimum Gasteiger partial charge on any atom is -0.387 e. The lowest BCUT2D eigenvalue weighted by Crippen LogP contribution is -2.24. The van der Waals surface area contributed by atoms with Crippen LogP contribution >= 0.6 is 0 Å². The molecule has 0 saturated heterocycles. The van der Waals surface area contributed by atoms with Crippen LogP contribution in [0.25, 0.3) is 0 Å². The van der Waals surface area contributed by atoms with Crippen molar-refractivity contribution in [3.05, 3.63) is 34.9 Å². The van der Waals surface area contributed by atoms with Crippen molar-refractivity contribution in [2.24, 2.45) is 5.73 Å². The van der Waals surface area contributed by atoms with Crippen molar-refractivity contribution in [1.82, 2.24) is 0 Å². The van der Waals surface area contributed by atoms with Gasteiger partial charge in [-0.3, -0.25) is 0 Å². The number of rotatable bonds is 2. The molecule has 5 heteroatoms. The molecule has 2 nitrogen and oxygen atoms in total. The van der Waals surface area contributed by atoms with E-state index in [0.717, 1.165) is 12.1 Å². The molecule has 0 saturated carbocycles. The molecule has 3 N–H and O–H groups in total. The largest absolute Gasteiger partial charge is 0.416 e. The normalized spacial score (nSPS) is 15.9. The predicted octanol–water partition coefficient (Wildman–Crippen LogP) is 2.39. The zero-order valence-corrected chi connectivity index (χ0v) is 9.05. The Labute approximate surface area is 91.9 Å². The molecule has 0 spiro atoms. The van der Waals surface area contributed by atoms with Gasteiger partial charge in [0.1, 0.15) is 0 Å². The Morgan fingerprint density at radius 1 is 1.25 bits per heavy atom. The van der Waals surface area contributed by atoms with Crippen LogP contribution < -0.4 is 5.73 Å². The third-order valence-electron chi connectivity index (χ3n) is 2.27. The van der Waals surface area contributed by atoms with Gasteiger partial charge >= 0.3 is 6.18 Å². The maximum absolute atomic E-state index is 12.5. The molecule has 0 heterocycles. The maximum Gasteiger partial charge on any atom is 0.416 e. The van der Waals surface area contributed by atoms with Gasteiger partial charge in [0.25, 0.3) is 0 Å². The van der Waals surface area contributed by atoms with Gasteiger partial charge in [0.2, 0.25) is 0 Å². The Balaban J connectivity index is 3.18. The average Bonchev–Trinajstić information content (AvgIpc) is 2.14. The SMILES string of the molecule is Cc1cc([C@@H](O)[C@H](C)N)cc(C(F)(F)F)c1. The van der Waals surface area contributed by atoms with Gasteiger partial charge in [-0.2, -0.15) is 13.2 Å². The van der Waals surface area contributed by atoms with Gasteiger partial charge in [0.05, 0.1) is 11.7 Å². The number of halogens is 3. The van der Waals surface area contributed by atoms with Gasteiger partial charge in [-0.15, -0.1) is 0 Å². The van der Waals surface area contributed by atoms with Crippen LogP contribution in [0.2, 0.25) is 0 Å². The number of hydrogen-bond donors (Lipinski definition) is 2. The second kappa shape index (κ2) is 4.43. The molecule has 0 radical (unpaired) electrons. The number of hydrogen-bond acceptors (Lipinski definition) is 2. The van der Waals surface area contributed by atoms with Crippen LogP contribution in [0.4, 0.5) is 13.2 Å². The molecular formula is C11H14F3NO. The fourth-order valence-electron chi connectivity index (χ4n) is 1.45. The average molecular weight is 233 g/mol. The van der Waals surface area contributed by atoms with Crippen molar-refractivity contribution < 1.29 is 18.3 Å². The molecule has 0 amide bonds. The van der Waals surface area contributed by atoms with E-state index in [-0.39, 0.29) is 5.56 Å². The first-order chi connectivity index (χ1) is 7.21. The molecule has 1 aromatic rings. The van der Waals surface area contributed by atoms with Crippen LogP contribution in [0.15, 0.2) is 18.2 Å². The summed E-state index contributed by atoms with van der Waals surface area (Å²) in [4.78, 5) is 0. The van der Waals surface area contributed by atoms with E-state index in [1.807, 2.05) is 0 Å². The van der Waals surface area contributed by atoms with Gasteiger partial charge in [-0.1, -0.05) is 11.6 Å². The van der Waals surface area contributed by atoms with E-state index < -0.39 is 23.9 Å². The molecule has 0 fully saturated rings. The van der Waals surface area contributed by atoms with Gasteiger partial charge in [0, 0.05) is 6.04 Å². The number of aryl methyl sites for hydroxylation is 1. The lowest BCUT2D eigenvalue weighted by molar-refractivity contribution is -0.137. The molecule has 0 bridgehead atoms. The highest BCUT2D eigenvalue weighted by atomic mass is 19.4. The minimum atomic E-state index is -4.40. The first-order valence-electron chi connectivity index (χ1n) is 4.84. The fraction of sp³-hybridized carbons (Fsp3) is 0.455. The predicted molar refractivity (Wildman–Crippen MR) is 54.8 cm³/mol. The first kappa shape index (κ1) is 13.0. The van der Waals surface area contributed by atoms with Crippen molar-refractivity contribution in [2.45, 2.75) is 32.2 Å².